The van der Waals surface area contributed by atoms with Gasteiger partial charge in [-0.2, -0.15) is 0 Å². The average Bonchev–Trinajstić information content (AvgIpc) is 3.17. The minimum absolute atomic E-state index is 0.344. The first kappa shape index (κ1) is 14.1. The molecule has 0 unspecified atom stereocenters. The predicted octanol–water partition coefficient (Wildman–Crippen LogP) is 4.21. The van der Waals surface area contributed by atoms with Gasteiger partial charge in [-0.15, -0.1) is 0 Å². The Labute approximate surface area is 126 Å². The van der Waals surface area contributed by atoms with Crippen molar-refractivity contribution in [3.63, 3.8) is 0 Å². The molecule has 3 heteroatoms. The van der Waals surface area contributed by atoms with Gasteiger partial charge in [0.15, 0.2) is 5.82 Å². The highest BCUT2D eigenvalue weighted by Crippen LogP contribution is 2.47. The van der Waals surface area contributed by atoms with E-state index in [2.05, 4.69) is 55.0 Å². The van der Waals surface area contributed by atoms with E-state index in [4.69, 9.17) is 5.73 Å². The number of nitrogen functional groups attached to an aromatic ring is 1. The Morgan fingerprint density at radius 2 is 1.71 bits per heavy atom. The molecular formula is C18H23N3. The maximum absolute atomic E-state index is 6.12. The topological polar surface area (TPSA) is 51.8 Å². The standard InChI is InChI=1S/C18H23N3/c1-11(2)15-12(3)20-17(21-16(15)19)13-5-7-14(8-6-13)18(4)9-10-18/h5-8,11H,9-10H2,1-4H3,(H2,19,20,21). The van der Waals surface area contributed by atoms with Crippen LogP contribution in [0.15, 0.2) is 24.3 Å². The highest BCUT2D eigenvalue weighted by Gasteiger charge is 2.38. The molecule has 1 saturated carbocycles. The molecule has 3 rings (SSSR count). The van der Waals surface area contributed by atoms with Crippen LogP contribution in [0.1, 0.15) is 56.4 Å². The molecule has 110 valence electrons. The van der Waals surface area contributed by atoms with Crippen LogP contribution in [0.2, 0.25) is 0 Å². The summed E-state index contributed by atoms with van der Waals surface area (Å²) in [6.07, 6.45) is 2.58. The van der Waals surface area contributed by atoms with Crippen molar-refractivity contribution in [2.45, 2.75) is 51.9 Å². The largest absolute Gasteiger partial charge is 0.383 e. The molecule has 0 bridgehead atoms. The fraction of sp³-hybridized carbons (Fsp3) is 0.444. The van der Waals surface area contributed by atoms with E-state index in [9.17, 15) is 0 Å². The van der Waals surface area contributed by atoms with Gasteiger partial charge in [0.05, 0.1) is 0 Å². The number of aromatic nitrogens is 2. The first-order valence-electron chi connectivity index (χ1n) is 7.65. The lowest BCUT2D eigenvalue weighted by atomic mass is 9.97. The summed E-state index contributed by atoms with van der Waals surface area (Å²) in [5, 5.41) is 0. The summed E-state index contributed by atoms with van der Waals surface area (Å²) in [5.74, 6) is 1.67. The van der Waals surface area contributed by atoms with Gasteiger partial charge < -0.3 is 5.73 Å². The Morgan fingerprint density at radius 3 is 2.19 bits per heavy atom. The first-order chi connectivity index (χ1) is 9.90. The molecule has 21 heavy (non-hydrogen) atoms. The number of hydrogen-bond acceptors (Lipinski definition) is 3. The van der Waals surface area contributed by atoms with Gasteiger partial charge in [-0.1, -0.05) is 45.0 Å². The van der Waals surface area contributed by atoms with Gasteiger partial charge in [0.1, 0.15) is 5.82 Å². The quantitative estimate of drug-likeness (QED) is 0.917. The Balaban J connectivity index is 1.97. The van der Waals surface area contributed by atoms with Crippen LogP contribution in [0.5, 0.6) is 0 Å². The zero-order chi connectivity index (χ0) is 15.2. The van der Waals surface area contributed by atoms with Crippen molar-refractivity contribution < 1.29 is 0 Å². The van der Waals surface area contributed by atoms with Crippen molar-refractivity contribution in [2.75, 3.05) is 5.73 Å². The summed E-state index contributed by atoms with van der Waals surface area (Å²) in [6.45, 7) is 8.56. The van der Waals surface area contributed by atoms with Crippen LogP contribution in [-0.2, 0) is 5.41 Å². The van der Waals surface area contributed by atoms with Gasteiger partial charge in [-0.3, -0.25) is 0 Å². The van der Waals surface area contributed by atoms with E-state index in [1.165, 1.54) is 18.4 Å². The lowest BCUT2D eigenvalue weighted by Crippen LogP contribution is -2.07. The van der Waals surface area contributed by atoms with E-state index in [1.807, 2.05) is 6.92 Å². The van der Waals surface area contributed by atoms with E-state index in [1.54, 1.807) is 0 Å². The van der Waals surface area contributed by atoms with Crippen LogP contribution in [0.4, 0.5) is 5.82 Å². The van der Waals surface area contributed by atoms with Crippen LogP contribution in [0.3, 0.4) is 0 Å². The molecular weight excluding hydrogens is 258 g/mol. The average molecular weight is 281 g/mol. The summed E-state index contributed by atoms with van der Waals surface area (Å²) in [7, 11) is 0. The molecule has 0 radical (unpaired) electrons. The van der Waals surface area contributed by atoms with E-state index < -0.39 is 0 Å². The molecule has 2 aromatic rings. The van der Waals surface area contributed by atoms with Crippen molar-refractivity contribution in [1.82, 2.24) is 9.97 Å². The van der Waals surface area contributed by atoms with Crippen LogP contribution >= 0.6 is 0 Å². The minimum atomic E-state index is 0.344. The summed E-state index contributed by atoms with van der Waals surface area (Å²) < 4.78 is 0. The third kappa shape index (κ3) is 2.53. The summed E-state index contributed by atoms with van der Waals surface area (Å²) >= 11 is 0. The Kier molecular flexibility index (Phi) is 3.23. The van der Waals surface area contributed by atoms with Gasteiger partial charge in [0.25, 0.3) is 0 Å². The highest BCUT2D eigenvalue weighted by molar-refractivity contribution is 5.60. The molecule has 1 aliphatic carbocycles. The number of nitrogens with zero attached hydrogens (tertiary/aromatic N) is 2. The monoisotopic (exact) mass is 281 g/mol. The lowest BCUT2D eigenvalue weighted by Gasteiger charge is -2.14. The Hall–Kier alpha value is -1.90. The van der Waals surface area contributed by atoms with E-state index in [0.29, 0.717) is 17.2 Å². The molecule has 1 aromatic carbocycles. The molecule has 1 heterocycles. The third-order valence-electron chi connectivity index (χ3n) is 4.58. The van der Waals surface area contributed by atoms with Crippen molar-refractivity contribution in [2.24, 2.45) is 0 Å². The number of benzene rings is 1. The second kappa shape index (κ2) is 4.83. The molecule has 1 aromatic heterocycles. The number of rotatable bonds is 3. The first-order valence-corrected chi connectivity index (χ1v) is 7.65. The van der Waals surface area contributed by atoms with Crippen LogP contribution in [0.25, 0.3) is 11.4 Å². The second-order valence-electron chi connectivity index (χ2n) is 6.72. The zero-order valence-corrected chi connectivity index (χ0v) is 13.3. The van der Waals surface area contributed by atoms with Crippen LogP contribution < -0.4 is 5.73 Å². The number of anilines is 1. The molecule has 2 N–H and O–H groups in total. The smallest absolute Gasteiger partial charge is 0.161 e. The predicted molar refractivity (Wildman–Crippen MR) is 87.3 cm³/mol. The lowest BCUT2D eigenvalue weighted by molar-refractivity contribution is 0.788. The number of hydrogen-bond donors (Lipinski definition) is 1. The SMILES string of the molecule is Cc1nc(-c2ccc(C3(C)CC3)cc2)nc(N)c1C(C)C. The molecule has 3 nitrogen and oxygen atoms in total. The Bertz CT molecular complexity index is 644. The summed E-state index contributed by atoms with van der Waals surface area (Å²) in [5.41, 5.74) is 11.0. The van der Waals surface area contributed by atoms with Gasteiger partial charge in [0, 0.05) is 16.8 Å². The second-order valence-corrected chi connectivity index (χ2v) is 6.72. The molecule has 0 atom stereocenters. The van der Waals surface area contributed by atoms with E-state index in [0.717, 1.165) is 22.6 Å². The molecule has 0 spiro atoms. The van der Waals surface area contributed by atoms with Gasteiger partial charge in [-0.05, 0) is 36.7 Å². The Morgan fingerprint density at radius 1 is 1.10 bits per heavy atom. The van der Waals surface area contributed by atoms with Crippen molar-refractivity contribution in [3.8, 4) is 11.4 Å². The fourth-order valence-electron chi connectivity index (χ4n) is 2.94. The normalized spacial score (nSPS) is 16.2. The molecule has 0 amide bonds. The summed E-state index contributed by atoms with van der Waals surface area (Å²) in [6, 6.07) is 8.63. The van der Waals surface area contributed by atoms with Crippen LogP contribution in [-0.4, -0.2) is 9.97 Å². The number of nitrogens with two attached hydrogens (primary N) is 1. The van der Waals surface area contributed by atoms with Crippen molar-refractivity contribution in [1.29, 1.82) is 0 Å². The van der Waals surface area contributed by atoms with E-state index >= 15 is 0 Å². The van der Waals surface area contributed by atoms with Gasteiger partial charge in [-0.25, -0.2) is 9.97 Å². The third-order valence-corrected chi connectivity index (χ3v) is 4.58. The molecule has 0 saturated heterocycles. The molecule has 0 aliphatic heterocycles. The van der Waals surface area contributed by atoms with Crippen molar-refractivity contribution >= 4 is 5.82 Å². The van der Waals surface area contributed by atoms with Gasteiger partial charge >= 0.3 is 0 Å². The van der Waals surface area contributed by atoms with E-state index in [-0.39, 0.29) is 0 Å². The highest BCUT2D eigenvalue weighted by atomic mass is 15.0. The zero-order valence-electron chi connectivity index (χ0n) is 13.3. The maximum atomic E-state index is 6.12. The maximum Gasteiger partial charge on any atom is 0.161 e. The molecule has 1 aliphatic rings. The van der Waals surface area contributed by atoms with Crippen molar-refractivity contribution in [3.05, 3.63) is 41.1 Å². The fourth-order valence-corrected chi connectivity index (χ4v) is 2.94. The van der Waals surface area contributed by atoms with Gasteiger partial charge in [0.2, 0.25) is 0 Å². The van der Waals surface area contributed by atoms with Crippen LogP contribution in [0, 0.1) is 6.92 Å². The molecule has 1 fully saturated rings. The minimum Gasteiger partial charge on any atom is -0.383 e. The summed E-state index contributed by atoms with van der Waals surface area (Å²) in [4.78, 5) is 9.14. The number of aryl methyl sites for hydroxylation is 1.